The van der Waals surface area contributed by atoms with Gasteiger partial charge in [0.05, 0.1) is 0 Å². The summed E-state index contributed by atoms with van der Waals surface area (Å²) in [5, 5.41) is 13.5. The molecular weight excluding hydrogens is 266 g/mol. The largest absolute Gasteiger partial charge is 0.480 e. The van der Waals surface area contributed by atoms with Crippen molar-refractivity contribution < 1.29 is 9.90 Å². The van der Waals surface area contributed by atoms with Gasteiger partial charge in [0.2, 0.25) is 0 Å². The number of carboxylic acid groups (broad SMARTS) is 1. The van der Waals surface area contributed by atoms with Crippen molar-refractivity contribution in [3.05, 3.63) is 36.0 Å². The third-order valence-electron chi connectivity index (χ3n) is 3.45. The van der Waals surface area contributed by atoms with E-state index in [1.54, 1.807) is 4.57 Å². The molecule has 21 heavy (non-hydrogen) atoms. The second kappa shape index (κ2) is 7.24. The minimum Gasteiger partial charge on any atom is -0.480 e. The summed E-state index contributed by atoms with van der Waals surface area (Å²) in [6.07, 6.45) is 3.04. The van der Waals surface area contributed by atoms with E-state index in [0.717, 1.165) is 42.5 Å². The molecule has 2 aromatic rings. The maximum Gasteiger partial charge on any atom is 0.323 e. The molecule has 114 valence electrons. The lowest BCUT2D eigenvalue weighted by Crippen LogP contribution is -2.20. The molecule has 5 nitrogen and oxygen atoms in total. The topological polar surface area (TPSA) is 57.5 Å². The first-order chi connectivity index (χ1) is 10.1. The van der Waals surface area contributed by atoms with E-state index >= 15 is 0 Å². The average Bonchev–Trinajstić information content (AvgIpc) is 2.76. The van der Waals surface area contributed by atoms with Crippen LogP contribution in [0, 0.1) is 0 Å². The van der Waals surface area contributed by atoms with Crippen LogP contribution in [0.1, 0.15) is 12.0 Å². The van der Waals surface area contributed by atoms with Gasteiger partial charge in [0.1, 0.15) is 6.54 Å². The Morgan fingerprint density at radius 1 is 1.33 bits per heavy atom. The van der Waals surface area contributed by atoms with Crippen LogP contribution in [0.25, 0.3) is 10.9 Å². The van der Waals surface area contributed by atoms with Gasteiger partial charge >= 0.3 is 5.97 Å². The van der Waals surface area contributed by atoms with E-state index in [1.807, 2.05) is 30.5 Å². The number of carboxylic acids is 1. The van der Waals surface area contributed by atoms with Crippen molar-refractivity contribution in [3.63, 3.8) is 0 Å². The van der Waals surface area contributed by atoms with Crippen molar-refractivity contribution in [2.24, 2.45) is 0 Å². The molecule has 0 unspecified atom stereocenters. The van der Waals surface area contributed by atoms with E-state index in [-0.39, 0.29) is 6.54 Å². The van der Waals surface area contributed by atoms with Gasteiger partial charge in [-0.1, -0.05) is 18.2 Å². The molecule has 0 bridgehead atoms. The highest BCUT2D eigenvalue weighted by Gasteiger charge is 2.09. The number of hydrogen-bond acceptors (Lipinski definition) is 3. The number of para-hydroxylation sites is 1. The zero-order valence-corrected chi connectivity index (χ0v) is 12.7. The Hall–Kier alpha value is -1.85. The summed E-state index contributed by atoms with van der Waals surface area (Å²) in [5.41, 5.74) is 2.13. The van der Waals surface area contributed by atoms with Gasteiger partial charge in [0.15, 0.2) is 0 Å². The standard InChI is InChI=1S/C16H23N3O2/c1-18(2)9-5-8-17-10-13-11-19(12-16(20)21)15-7-4-3-6-14(13)15/h3-4,6-7,11,17H,5,8-10,12H2,1-2H3,(H,20,21). The van der Waals surface area contributed by atoms with Gasteiger partial charge < -0.3 is 19.9 Å². The molecule has 0 aliphatic heterocycles. The number of aromatic nitrogens is 1. The van der Waals surface area contributed by atoms with E-state index in [0.29, 0.717) is 0 Å². The molecule has 0 atom stereocenters. The highest BCUT2D eigenvalue weighted by atomic mass is 16.4. The lowest BCUT2D eigenvalue weighted by Gasteiger charge is -2.09. The minimum atomic E-state index is -0.818. The summed E-state index contributed by atoms with van der Waals surface area (Å²) in [6, 6.07) is 7.94. The van der Waals surface area contributed by atoms with Gasteiger partial charge in [0, 0.05) is 23.6 Å². The highest BCUT2D eigenvalue weighted by Crippen LogP contribution is 2.21. The van der Waals surface area contributed by atoms with E-state index in [9.17, 15) is 4.79 Å². The molecule has 0 radical (unpaired) electrons. The average molecular weight is 289 g/mol. The number of nitrogens with one attached hydrogen (secondary N) is 1. The summed E-state index contributed by atoms with van der Waals surface area (Å²) < 4.78 is 1.80. The predicted octanol–water partition coefficient (Wildman–Crippen LogP) is 1.77. The number of nitrogens with zero attached hydrogens (tertiary/aromatic N) is 2. The van der Waals surface area contributed by atoms with Crippen molar-refractivity contribution in [2.75, 3.05) is 27.2 Å². The fourth-order valence-corrected chi connectivity index (χ4v) is 2.48. The van der Waals surface area contributed by atoms with E-state index in [4.69, 9.17) is 5.11 Å². The number of benzene rings is 1. The first-order valence-electron chi connectivity index (χ1n) is 7.22. The third-order valence-corrected chi connectivity index (χ3v) is 3.45. The zero-order valence-electron chi connectivity index (χ0n) is 12.7. The number of aliphatic carboxylic acids is 1. The molecule has 0 aliphatic rings. The van der Waals surface area contributed by atoms with Crippen molar-refractivity contribution >= 4 is 16.9 Å². The van der Waals surface area contributed by atoms with Crippen molar-refractivity contribution in [3.8, 4) is 0 Å². The molecule has 0 spiro atoms. The first-order valence-corrected chi connectivity index (χ1v) is 7.22. The van der Waals surface area contributed by atoms with Crippen LogP contribution >= 0.6 is 0 Å². The van der Waals surface area contributed by atoms with Crippen molar-refractivity contribution in [1.29, 1.82) is 0 Å². The summed E-state index contributed by atoms with van der Waals surface area (Å²) in [4.78, 5) is 13.1. The summed E-state index contributed by atoms with van der Waals surface area (Å²) in [5.74, 6) is -0.818. The smallest absolute Gasteiger partial charge is 0.323 e. The highest BCUT2D eigenvalue weighted by molar-refractivity contribution is 5.85. The van der Waals surface area contributed by atoms with Crippen molar-refractivity contribution in [2.45, 2.75) is 19.5 Å². The predicted molar refractivity (Wildman–Crippen MR) is 84.5 cm³/mol. The normalized spacial score (nSPS) is 11.4. The second-order valence-electron chi connectivity index (χ2n) is 5.53. The molecule has 1 heterocycles. The maximum atomic E-state index is 10.9. The summed E-state index contributed by atoms with van der Waals surface area (Å²) in [6.45, 7) is 2.78. The monoisotopic (exact) mass is 289 g/mol. The number of carbonyl (C=O) groups is 1. The van der Waals surface area contributed by atoms with Crippen LogP contribution in [0.4, 0.5) is 0 Å². The molecule has 0 amide bonds. The summed E-state index contributed by atoms with van der Waals surface area (Å²) >= 11 is 0. The van der Waals surface area contributed by atoms with Crippen LogP contribution in [0.15, 0.2) is 30.5 Å². The second-order valence-corrected chi connectivity index (χ2v) is 5.53. The van der Waals surface area contributed by atoms with Gasteiger partial charge in [-0.25, -0.2) is 0 Å². The number of fused-ring (bicyclic) bond motifs is 1. The fraction of sp³-hybridized carbons (Fsp3) is 0.438. The maximum absolute atomic E-state index is 10.9. The number of rotatable bonds is 8. The van der Waals surface area contributed by atoms with E-state index in [2.05, 4.69) is 24.3 Å². The van der Waals surface area contributed by atoms with Gasteiger partial charge in [-0.3, -0.25) is 4.79 Å². The zero-order chi connectivity index (χ0) is 15.2. The number of hydrogen-bond donors (Lipinski definition) is 2. The molecule has 0 saturated heterocycles. The minimum absolute atomic E-state index is 0.00113. The van der Waals surface area contributed by atoms with Gasteiger partial charge in [-0.2, -0.15) is 0 Å². The lowest BCUT2D eigenvalue weighted by molar-refractivity contribution is -0.137. The lowest BCUT2D eigenvalue weighted by atomic mass is 10.2. The van der Waals surface area contributed by atoms with Gasteiger partial charge in [-0.15, -0.1) is 0 Å². The van der Waals surface area contributed by atoms with Crippen LogP contribution in [0.5, 0.6) is 0 Å². The third kappa shape index (κ3) is 4.31. The molecule has 2 N–H and O–H groups in total. The SMILES string of the molecule is CN(C)CCCNCc1cn(CC(=O)O)c2ccccc12. The molecule has 1 aromatic heterocycles. The first kappa shape index (κ1) is 15.5. The van der Waals surface area contributed by atoms with Gasteiger partial charge in [0.25, 0.3) is 0 Å². The molecule has 2 rings (SSSR count). The van der Waals surface area contributed by atoms with Crippen molar-refractivity contribution in [1.82, 2.24) is 14.8 Å². The molecule has 0 saturated carbocycles. The molecule has 0 aliphatic carbocycles. The molecule has 0 fully saturated rings. The van der Waals surface area contributed by atoms with Crippen LogP contribution in [-0.2, 0) is 17.9 Å². The van der Waals surface area contributed by atoms with Crippen LogP contribution in [0.2, 0.25) is 0 Å². The van der Waals surface area contributed by atoms with Crippen LogP contribution in [0.3, 0.4) is 0 Å². The van der Waals surface area contributed by atoms with E-state index < -0.39 is 5.97 Å². The molecule has 1 aromatic carbocycles. The van der Waals surface area contributed by atoms with E-state index in [1.165, 1.54) is 0 Å². The van der Waals surface area contributed by atoms with Gasteiger partial charge in [-0.05, 0) is 45.2 Å². The Morgan fingerprint density at radius 3 is 2.81 bits per heavy atom. The molecule has 5 heteroatoms. The van der Waals surface area contributed by atoms with Crippen LogP contribution < -0.4 is 5.32 Å². The Kier molecular flexibility index (Phi) is 5.36. The molecular formula is C16H23N3O2. The quantitative estimate of drug-likeness (QED) is 0.727. The summed E-state index contributed by atoms with van der Waals surface area (Å²) in [7, 11) is 4.14. The fourth-order valence-electron chi connectivity index (χ4n) is 2.48. The van der Waals surface area contributed by atoms with Crippen LogP contribution in [-0.4, -0.2) is 47.7 Å². The Labute approximate surface area is 125 Å². The Balaban J connectivity index is 2.04. The Bertz CT molecular complexity index is 605. The Morgan fingerprint density at radius 2 is 2.10 bits per heavy atom.